The van der Waals surface area contributed by atoms with E-state index in [2.05, 4.69) is 58.3 Å². The van der Waals surface area contributed by atoms with Gasteiger partial charge in [0.25, 0.3) is 0 Å². The summed E-state index contributed by atoms with van der Waals surface area (Å²) in [5.74, 6) is 3.82. The smallest absolute Gasteiger partial charge is 0.228 e. The Hall–Kier alpha value is -1.24. The van der Waals surface area contributed by atoms with Gasteiger partial charge in [-0.2, -0.15) is 16.7 Å². The summed E-state index contributed by atoms with van der Waals surface area (Å²) in [6.45, 7) is 7.10. The van der Waals surface area contributed by atoms with E-state index >= 15 is 0 Å². The maximum Gasteiger partial charge on any atom is 0.228 e. The van der Waals surface area contributed by atoms with Gasteiger partial charge in [-0.1, -0.05) is 32.3 Å². The lowest BCUT2D eigenvalue weighted by Gasteiger charge is -2.30. The molecule has 1 aromatic heterocycles. The minimum atomic E-state index is 0.296. The van der Waals surface area contributed by atoms with Crippen LogP contribution in [0, 0.1) is 0 Å². The molecule has 6 nitrogen and oxygen atoms in total. The van der Waals surface area contributed by atoms with Crippen LogP contribution in [0.3, 0.4) is 0 Å². The average Bonchev–Trinajstić information content (AvgIpc) is 3.04. The van der Waals surface area contributed by atoms with Crippen LogP contribution >= 0.6 is 11.8 Å². The van der Waals surface area contributed by atoms with E-state index in [0.29, 0.717) is 24.3 Å². The van der Waals surface area contributed by atoms with Crippen LogP contribution in [-0.4, -0.2) is 46.7 Å². The Kier molecular flexibility index (Phi) is 7.88. The number of nitrogens with zero attached hydrogens (tertiary/aromatic N) is 3. The third kappa shape index (κ3) is 6.00. The van der Waals surface area contributed by atoms with Crippen LogP contribution in [0.2, 0.25) is 0 Å². The molecule has 0 radical (unpaired) electrons. The second kappa shape index (κ2) is 9.91. The van der Waals surface area contributed by atoms with Gasteiger partial charge in [0, 0.05) is 37.2 Å². The van der Waals surface area contributed by atoms with Crippen molar-refractivity contribution in [1.82, 2.24) is 20.8 Å². The summed E-state index contributed by atoms with van der Waals surface area (Å²) in [5.41, 5.74) is 0. The van der Waals surface area contributed by atoms with Gasteiger partial charge >= 0.3 is 0 Å². The maximum absolute atomic E-state index is 5.27. The molecule has 1 aliphatic carbocycles. The molecule has 1 aliphatic rings. The van der Waals surface area contributed by atoms with Crippen molar-refractivity contribution in [3.05, 3.63) is 11.7 Å². The zero-order valence-corrected chi connectivity index (χ0v) is 16.2. The molecule has 1 heterocycles. The predicted molar refractivity (Wildman–Crippen MR) is 101 cm³/mol. The number of guanidine groups is 1. The van der Waals surface area contributed by atoms with Crippen LogP contribution in [-0.2, 0) is 6.42 Å². The van der Waals surface area contributed by atoms with Crippen molar-refractivity contribution >= 4 is 17.7 Å². The fraction of sp³-hybridized carbons (Fsp3) is 0.824. The predicted octanol–water partition coefficient (Wildman–Crippen LogP) is 2.96. The van der Waals surface area contributed by atoms with Crippen molar-refractivity contribution in [2.24, 2.45) is 4.99 Å². The zero-order valence-electron chi connectivity index (χ0n) is 15.3. The third-order valence-corrected chi connectivity index (χ3v) is 5.46. The van der Waals surface area contributed by atoms with Gasteiger partial charge in [0.15, 0.2) is 11.8 Å². The third-order valence-electron chi connectivity index (χ3n) is 4.22. The molecule has 0 amide bonds. The van der Waals surface area contributed by atoms with Crippen LogP contribution < -0.4 is 10.6 Å². The van der Waals surface area contributed by atoms with E-state index in [1.807, 2.05) is 7.05 Å². The van der Waals surface area contributed by atoms with E-state index in [4.69, 9.17) is 4.52 Å². The molecule has 1 saturated carbocycles. The number of thioether (sulfide) groups is 1. The van der Waals surface area contributed by atoms with E-state index in [9.17, 15) is 0 Å². The Morgan fingerprint density at radius 1 is 1.42 bits per heavy atom. The standard InChI is InChI=1S/C17H31N5OS/c1-5-24-14-8-6-7-13(11-14)20-17(18-4)19-10-9-15-21-16(12(2)3)22-23-15/h12-14H,5-11H2,1-4H3,(H2,18,19,20). The monoisotopic (exact) mass is 353 g/mol. The fourth-order valence-corrected chi connectivity index (χ4v) is 4.12. The molecule has 1 aromatic rings. The Balaban J connectivity index is 1.73. The van der Waals surface area contributed by atoms with E-state index < -0.39 is 0 Å². The molecule has 2 rings (SSSR count). The number of aromatic nitrogens is 2. The Morgan fingerprint density at radius 2 is 2.25 bits per heavy atom. The topological polar surface area (TPSA) is 75.3 Å². The van der Waals surface area contributed by atoms with Gasteiger partial charge in [-0.05, 0) is 25.0 Å². The summed E-state index contributed by atoms with van der Waals surface area (Å²) in [5, 5.41) is 11.7. The lowest BCUT2D eigenvalue weighted by Crippen LogP contribution is -2.46. The quantitative estimate of drug-likeness (QED) is 0.580. The van der Waals surface area contributed by atoms with Crippen LogP contribution in [0.15, 0.2) is 9.52 Å². The number of aliphatic imine (C=N–C) groups is 1. The van der Waals surface area contributed by atoms with E-state index in [1.54, 1.807) is 0 Å². The fourth-order valence-electron chi connectivity index (χ4n) is 2.94. The molecule has 136 valence electrons. The second-order valence-corrected chi connectivity index (χ2v) is 8.11. The minimum absolute atomic E-state index is 0.296. The van der Waals surface area contributed by atoms with Gasteiger partial charge in [-0.15, -0.1) is 0 Å². The van der Waals surface area contributed by atoms with Crippen LogP contribution in [0.25, 0.3) is 0 Å². The maximum atomic E-state index is 5.27. The first-order chi connectivity index (χ1) is 11.6. The summed E-state index contributed by atoms with van der Waals surface area (Å²) >= 11 is 2.08. The van der Waals surface area contributed by atoms with Crippen molar-refractivity contribution < 1.29 is 4.52 Å². The molecule has 24 heavy (non-hydrogen) atoms. The van der Waals surface area contributed by atoms with Crippen LogP contribution in [0.5, 0.6) is 0 Å². The second-order valence-electron chi connectivity index (χ2n) is 6.54. The highest BCUT2D eigenvalue weighted by molar-refractivity contribution is 7.99. The minimum Gasteiger partial charge on any atom is -0.356 e. The highest BCUT2D eigenvalue weighted by Crippen LogP contribution is 2.28. The first kappa shape index (κ1) is 19.1. The SMILES string of the molecule is CCSC1CCCC(NC(=NC)NCCc2nc(C(C)C)no2)C1. The molecular weight excluding hydrogens is 322 g/mol. The molecule has 7 heteroatoms. The summed E-state index contributed by atoms with van der Waals surface area (Å²) in [7, 11) is 1.82. The van der Waals surface area contributed by atoms with Gasteiger partial charge < -0.3 is 15.2 Å². The van der Waals surface area contributed by atoms with Crippen LogP contribution in [0.1, 0.15) is 64.1 Å². The van der Waals surface area contributed by atoms with Gasteiger partial charge in [-0.3, -0.25) is 4.99 Å². The van der Waals surface area contributed by atoms with Crippen molar-refractivity contribution in [1.29, 1.82) is 0 Å². The van der Waals surface area contributed by atoms with Gasteiger partial charge in [0.05, 0.1) is 0 Å². The Morgan fingerprint density at radius 3 is 2.92 bits per heavy atom. The largest absolute Gasteiger partial charge is 0.356 e. The number of nitrogens with one attached hydrogen (secondary N) is 2. The van der Waals surface area contributed by atoms with E-state index in [0.717, 1.165) is 23.6 Å². The molecule has 2 atom stereocenters. The summed E-state index contributed by atoms with van der Waals surface area (Å²) in [4.78, 5) is 8.74. The molecule has 0 aliphatic heterocycles. The first-order valence-corrected chi connectivity index (χ1v) is 10.1. The molecule has 0 bridgehead atoms. The normalized spacial score (nSPS) is 22.0. The molecule has 2 N–H and O–H groups in total. The number of hydrogen-bond acceptors (Lipinski definition) is 5. The first-order valence-electron chi connectivity index (χ1n) is 9.03. The van der Waals surface area contributed by atoms with E-state index in [-0.39, 0.29) is 0 Å². The summed E-state index contributed by atoms with van der Waals surface area (Å²) < 4.78 is 5.27. The lowest BCUT2D eigenvalue weighted by atomic mass is 9.95. The lowest BCUT2D eigenvalue weighted by molar-refractivity contribution is 0.370. The van der Waals surface area contributed by atoms with Crippen molar-refractivity contribution in [2.75, 3.05) is 19.3 Å². The molecular formula is C17H31N5OS. The van der Waals surface area contributed by atoms with Crippen molar-refractivity contribution in [3.63, 3.8) is 0 Å². The highest BCUT2D eigenvalue weighted by atomic mass is 32.2. The molecule has 0 spiro atoms. The molecule has 2 unspecified atom stereocenters. The Labute approximate surface area is 149 Å². The van der Waals surface area contributed by atoms with Gasteiger partial charge in [0.2, 0.25) is 5.89 Å². The number of rotatable bonds is 7. The van der Waals surface area contributed by atoms with Crippen LogP contribution in [0.4, 0.5) is 0 Å². The van der Waals surface area contributed by atoms with Gasteiger partial charge in [0.1, 0.15) is 0 Å². The number of hydrogen-bond donors (Lipinski definition) is 2. The van der Waals surface area contributed by atoms with Crippen molar-refractivity contribution in [3.8, 4) is 0 Å². The Bertz CT molecular complexity index is 515. The average molecular weight is 354 g/mol. The summed E-state index contributed by atoms with van der Waals surface area (Å²) in [6.07, 6.45) is 5.80. The molecule has 0 saturated heterocycles. The van der Waals surface area contributed by atoms with Gasteiger partial charge in [-0.25, -0.2) is 0 Å². The highest BCUT2D eigenvalue weighted by Gasteiger charge is 2.22. The summed E-state index contributed by atoms with van der Waals surface area (Å²) in [6, 6.07) is 0.518. The molecule has 1 fully saturated rings. The molecule has 0 aromatic carbocycles. The van der Waals surface area contributed by atoms with Crippen molar-refractivity contribution in [2.45, 2.75) is 70.1 Å². The van der Waals surface area contributed by atoms with E-state index in [1.165, 1.54) is 31.4 Å². The zero-order chi connectivity index (χ0) is 17.4.